The van der Waals surface area contributed by atoms with Gasteiger partial charge in [0.05, 0.1) is 6.21 Å². The molecule has 0 aromatic heterocycles. The van der Waals surface area contributed by atoms with Crippen LogP contribution in [-0.2, 0) is 16.1 Å². The van der Waals surface area contributed by atoms with Crippen molar-refractivity contribution in [2.75, 3.05) is 11.5 Å². The highest BCUT2D eigenvalue weighted by atomic mass is 16.6. The second-order valence-corrected chi connectivity index (χ2v) is 5.70. The third-order valence-electron chi connectivity index (χ3n) is 4.06. The van der Waals surface area contributed by atoms with Crippen LogP contribution in [0.15, 0.2) is 59.8 Å². The first kappa shape index (κ1) is 15.3. The van der Waals surface area contributed by atoms with Gasteiger partial charge in [0, 0.05) is 11.7 Å². The lowest BCUT2D eigenvalue weighted by molar-refractivity contribution is -0.123. The molecular weight excluding hydrogens is 288 g/mol. The molecule has 1 unspecified atom stereocenters. The number of carbonyl (C=O) groups is 1. The van der Waals surface area contributed by atoms with E-state index < -0.39 is 0 Å². The molecule has 1 atom stereocenters. The highest BCUT2D eigenvalue weighted by Gasteiger charge is 2.28. The Hall–Kier alpha value is -2.62. The largest absolute Gasteiger partial charge is 0.386 e. The van der Waals surface area contributed by atoms with Crippen molar-refractivity contribution in [1.29, 1.82) is 0 Å². The SMILES string of the molecule is CC1CCc2ccccc2N1C(=O)CO/N=C/c1ccccc1. The van der Waals surface area contributed by atoms with Gasteiger partial charge < -0.3 is 9.74 Å². The molecule has 0 N–H and O–H groups in total. The lowest BCUT2D eigenvalue weighted by Gasteiger charge is -2.34. The van der Waals surface area contributed by atoms with Gasteiger partial charge in [0.2, 0.25) is 0 Å². The maximum Gasteiger partial charge on any atom is 0.268 e. The summed E-state index contributed by atoms with van der Waals surface area (Å²) in [5, 5.41) is 3.88. The highest BCUT2D eigenvalue weighted by molar-refractivity contribution is 5.96. The molecule has 0 aliphatic carbocycles. The first-order valence-electron chi connectivity index (χ1n) is 7.86. The quantitative estimate of drug-likeness (QED) is 0.641. The maximum absolute atomic E-state index is 12.5. The standard InChI is InChI=1S/C19H20N2O2/c1-15-11-12-17-9-5-6-10-18(17)21(15)19(22)14-23-20-13-16-7-3-2-4-8-16/h2-10,13,15H,11-12,14H2,1H3/b20-13+. The van der Waals surface area contributed by atoms with Crippen molar-refractivity contribution in [3.63, 3.8) is 0 Å². The van der Waals surface area contributed by atoms with Gasteiger partial charge >= 0.3 is 0 Å². The predicted molar refractivity (Wildman–Crippen MR) is 91.7 cm³/mol. The molecule has 0 saturated heterocycles. The van der Waals surface area contributed by atoms with Crippen LogP contribution in [0.3, 0.4) is 0 Å². The second-order valence-electron chi connectivity index (χ2n) is 5.70. The third-order valence-corrected chi connectivity index (χ3v) is 4.06. The Morgan fingerprint density at radius 2 is 1.96 bits per heavy atom. The lowest BCUT2D eigenvalue weighted by atomic mass is 9.96. The van der Waals surface area contributed by atoms with Gasteiger partial charge in [-0.15, -0.1) is 0 Å². The van der Waals surface area contributed by atoms with Crippen LogP contribution in [0.4, 0.5) is 5.69 Å². The molecule has 0 saturated carbocycles. The molecule has 23 heavy (non-hydrogen) atoms. The van der Waals surface area contributed by atoms with E-state index in [1.54, 1.807) is 6.21 Å². The number of para-hydroxylation sites is 1. The molecule has 4 heteroatoms. The zero-order valence-electron chi connectivity index (χ0n) is 13.2. The number of benzene rings is 2. The molecule has 2 aromatic rings. The summed E-state index contributed by atoms with van der Waals surface area (Å²) in [6.45, 7) is 2.02. The number of rotatable bonds is 4. The van der Waals surface area contributed by atoms with E-state index in [1.165, 1.54) is 5.56 Å². The lowest BCUT2D eigenvalue weighted by Crippen LogP contribution is -2.43. The molecule has 1 aliphatic heterocycles. The highest BCUT2D eigenvalue weighted by Crippen LogP contribution is 2.30. The molecule has 0 bridgehead atoms. The first-order chi connectivity index (χ1) is 11.3. The molecule has 0 spiro atoms. The minimum atomic E-state index is -0.0603. The van der Waals surface area contributed by atoms with Gasteiger partial charge in [0.15, 0.2) is 6.61 Å². The number of hydrogen-bond acceptors (Lipinski definition) is 3. The van der Waals surface area contributed by atoms with Crippen molar-refractivity contribution in [3.8, 4) is 0 Å². The van der Waals surface area contributed by atoms with Gasteiger partial charge in [-0.3, -0.25) is 4.79 Å². The van der Waals surface area contributed by atoms with Crippen molar-refractivity contribution in [2.45, 2.75) is 25.8 Å². The number of nitrogens with zero attached hydrogens (tertiary/aromatic N) is 2. The molecular formula is C19H20N2O2. The Bertz CT molecular complexity index is 698. The van der Waals surface area contributed by atoms with Crippen LogP contribution in [0, 0.1) is 0 Å². The fourth-order valence-corrected chi connectivity index (χ4v) is 2.87. The van der Waals surface area contributed by atoms with E-state index >= 15 is 0 Å². The number of oxime groups is 1. The van der Waals surface area contributed by atoms with E-state index in [1.807, 2.05) is 53.4 Å². The summed E-state index contributed by atoms with van der Waals surface area (Å²) in [4.78, 5) is 19.5. The second kappa shape index (κ2) is 7.09. The van der Waals surface area contributed by atoms with E-state index in [0.29, 0.717) is 0 Å². The Balaban J connectivity index is 1.63. The molecule has 3 rings (SSSR count). The Morgan fingerprint density at radius 3 is 2.78 bits per heavy atom. The fourth-order valence-electron chi connectivity index (χ4n) is 2.87. The topological polar surface area (TPSA) is 41.9 Å². The van der Waals surface area contributed by atoms with Crippen molar-refractivity contribution >= 4 is 17.8 Å². The molecule has 118 valence electrons. The van der Waals surface area contributed by atoms with Crippen molar-refractivity contribution < 1.29 is 9.63 Å². The van der Waals surface area contributed by atoms with Crippen LogP contribution in [0.25, 0.3) is 0 Å². The normalized spacial score (nSPS) is 17.1. The van der Waals surface area contributed by atoms with Gasteiger partial charge in [-0.05, 0) is 37.0 Å². The number of fused-ring (bicyclic) bond motifs is 1. The third kappa shape index (κ3) is 3.59. The van der Waals surface area contributed by atoms with E-state index in [9.17, 15) is 4.79 Å². The molecule has 2 aromatic carbocycles. The maximum atomic E-state index is 12.5. The molecule has 0 fully saturated rings. The van der Waals surface area contributed by atoms with Gasteiger partial charge in [0.25, 0.3) is 5.91 Å². The zero-order chi connectivity index (χ0) is 16.1. The van der Waals surface area contributed by atoms with Gasteiger partial charge in [-0.2, -0.15) is 0 Å². The number of amides is 1. The molecule has 0 radical (unpaired) electrons. The van der Waals surface area contributed by atoms with E-state index in [0.717, 1.165) is 24.1 Å². The minimum Gasteiger partial charge on any atom is -0.386 e. The van der Waals surface area contributed by atoms with Crippen LogP contribution in [0.1, 0.15) is 24.5 Å². The van der Waals surface area contributed by atoms with Gasteiger partial charge in [-0.25, -0.2) is 0 Å². The summed E-state index contributed by atoms with van der Waals surface area (Å²) in [6, 6.07) is 17.9. The van der Waals surface area contributed by atoms with Crippen LogP contribution in [0.2, 0.25) is 0 Å². The molecule has 1 amide bonds. The summed E-state index contributed by atoms with van der Waals surface area (Å²) >= 11 is 0. The van der Waals surface area contributed by atoms with Gasteiger partial charge in [0.1, 0.15) is 0 Å². The Kier molecular flexibility index (Phi) is 4.71. The Labute approximate surface area is 136 Å². The predicted octanol–water partition coefficient (Wildman–Crippen LogP) is 3.41. The monoisotopic (exact) mass is 308 g/mol. The van der Waals surface area contributed by atoms with Gasteiger partial charge in [-0.1, -0.05) is 53.7 Å². The average molecular weight is 308 g/mol. The number of hydrogen-bond donors (Lipinski definition) is 0. The Morgan fingerprint density at radius 1 is 1.22 bits per heavy atom. The molecule has 1 heterocycles. The number of aryl methyl sites for hydroxylation is 1. The smallest absolute Gasteiger partial charge is 0.268 e. The van der Waals surface area contributed by atoms with Crippen molar-refractivity contribution in [3.05, 3.63) is 65.7 Å². The van der Waals surface area contributed by atoms with E-state index in [4.69, 9.17) is 4.84 Å². The average Bonchev–Trinajstić information content (AvgIpc) is 2.59. The minimum absolute atomic E-state index is 0.0536. The van der Waals surface area contributed by atoms with E-state index in [-0.39, 0.29) is 18.6 Å². The molecule has 4 nitrogen and oxygen atoms in total. The van der Waals surface area contributed by atoms with Crippen LogP contribution >= 0.6 is 0 Å². The van der Waals surface area contributed by atoms with Crippen LogP contribution in [-0.4, -0.2) is 24.8 Å². The summed E-state index contributed by atoms with van der Waals surface area (Å²) in [5.74, 6) is -0.0603. The van der Waals surface area contributed by atoms with Crippen LogP contribution < -0.4 is 4.90 Å². The summed E-state index contributed by atoms with van der Waals surface area (Å²) in [7, 11) is 0. The summed E-state index contributed by atoms with van der Waals surface area (Å²) in [6.07, 6.45) is 3.59. The number of carbonyl (C=O) groups excluding carboxylic acids is 1. The van der Waals surface area contributed by atoms with Crippen LogP contribution in [0.5, 0.6) is 0 Å². The first-order valence-corrected chi connectivity index (χ1v) is 7.86. The summed E-state index contributed by atoms with van der Waals surface area (Å²) in [5.41, 5.74) is 3.15. The van der Waals surface area contributed by atoms with Crippen molar-refractivity contribution in [2.24, 2.45) is 5.16 Å². The number of anilines is 1. The zero-order valence-corrected chi connectivity index (χ0v) is 13.2. The van der Waals surface area contributed by atoms with E-state index in [2.05, 4.69) is 18.1 Å². The fraction of sp³-hybridized carbons (Fsp3) is 0.263. The molecule has 1 aliphatic rings. The summed E-state index contributed by atoms with van der Waals surface area (Å²) < 4.78 is 0. The van der Waals surface area contributed by atoms with Crippen molar-refractivity contribution in [1.82, 2.24) is 0 Å².